The van der Waals surface area contributed by atoms with Crippen molar-refractivity contribution < 1.29 is 28.7 Å². The van der Waals surface area contributed by atoms with E-state index in [1.165, 1.54) is 0 Å². The van der Waals surface area contributed by atoms with Crippen LogP contribution in [-0.2, 0) is 30.3 Å². The smallest absolute Gasteiger partial charge is 0.408 e. The maximum atomic E-state index is 14.9. The van der Waals surface area contributed by atoms with Crippen molar-refractivity contribution in [3.8, 4) is 0 Å². The second kappa shape index (κ2) is 19.2. The Kier molecular flexibility index (Phi) is 16.4. The lowest BCUT2D eigenvalue weighted by Crippen LogP contribution is -2.57. The number of esters is 1. The molecule has 10 heteroatoms. The molecule has 0 aliphatic carbocycles. The van der Waals surface area contributed by atoms with E-state index in [0.29, 0.717) is 30.1 Å². The van der Waals surface area contributed by atoms with Gasteiger partial charge in [-0.05, 0) is 122 Å². The van der Waals surface area contributed by atoms with Gasteiger partial charge in [-0.2, -0.15) is 11.8 Å². The van der Waals surface area contributed by atoms with Crippen LogP contribution in [0, 0.1) is 19.8 Å². The van der Waals surface area contributed by atoms with E-state index in [2.05, 4.69) is 24.5 Å². The largest absolute Gasteiger partial charge is 0.458 e. The SMILES string of the molecule is CSCCC(NC(=O)OC(C)(C)C)C(=O)N(C(C)CCC(C)C)C(C(=O)NC(Cc1ccccc1)C(=O)OC(C)(C)C)c1cccc(C)c1C. The van der Waals surface area contributed by atoms with Crippen molar-refractivity contribution in [3.05, 3.63) is 70.8 Å². The van der Waals surface area contributed by atoms with Gasteiger partial charge < -0.3 is 25.0 Å². The van der Waals surface area contributed by atoms with Crippen LogP contribution < -0.4 is 10.6 Å². The van der Waals surface area contributed by atoms with Crippen molar-refractivity contribution in [2.75, 3.05) is 12.0 Å². The molecule has 4 unspecified atom stereocenters. The maximum Gasteiger partial charge on any atom is 0.408 e. The molecule has 0 aliphatic rings. The van der Waals surface area contributed by atoms with Crippen LogP contribution in [0.4, 0.5) is 4.79 Å². The van der Waals surface area contributed by atoms with E-state index in [4.69, 9.17) is 9.47 Å². The summed E-state index contributed by atoms with van der Waals surface area (Å²) in [4.78, 5) is 58.2. The number of hydrogen-bond donors (Lipinski definition) is 2. The molecule has 0 saturated heterocycles. The number of carbonyl (C=O) groups is 4. The molecule has 3 amide bonds. The first-order valence-electron chi connectivity index (χ1n) is 17.7. The van der Waals surface area contributed by atoms with Gasteiger partial charge in [0.05, 0.1) is 0 Å². The summed E-state index contributed by atoms with van der Waals surface area (Å²) in [5.74, 6) is -0.504. The summed E-state index contributed by atoms with van der Waals surface area (Å²) in [5.41, 5.74) is 1.77. The standard InChI is InChI=1S/C40H61N3O6S/c1-26(2)21-22-28(4)43(36(45)32(23-24-50-12)42-38(47)49-40(9,10)11)34(31-20-16-17-27(3)29(31)5)35(44)41-33(37(46)48-39(6,7)8)25-30-18-14-13-15-19-30/h13-20,26,28,32-34H,21-25H2,1-12H3,(H,41,44)(H,42,47). The van der Waals surface area contributed by atoms with Crippen LogP contribution in [0.25, 0.3) is 0 Å². The summed E-state index contributed by atoms with van der Waals surface area (Å²) < 4.78 is 11.4. The number of nitrogens with zero attached hydrogens (tertiary/aromatic N) is 1. The lowest BCUT2D eigenvalue weighted by Gasteiger charge is -2.40. The van der Waals surface area contributed by atoms with E-state index in [1.54, 1.807) is 58.2 Å². The lowest BCUT2D eigenvalue weighted by molar-refractivity contribution is -0.159. The van der Waals surface area contributed by atoms with E-state index >= 15 is 0 Å². The number of aryl methyl sites for hydroxylation is 1. The van der Waals surface area contributed by atoms with E-state index < -0.39 is 53.3 Å². The molecule has 50 heavy (non-hydrogen) atoms. The monoisotopic (exact) mass is 711 g/mol. The lowest BCUT2D eigenvalue weighted by atomic mass is 9.92. The molecular formula is C40H61N3O6S. The molecular weight excluding hydrogens is 651 g/mol. The van der Waals surface area contributed by atoms with Crippen molar-refractivity contribution in [1.82, 2.24) is 15.5 Å². The number of hydrogen-bond acceptors (Lipinski definition) is 7. The summed E-state index contributed by atoms with van der Waals surface area (Å²) in [5, 5.41) is 5.84. The Hall–Kier alpha value is -3.53. The molecule has 0 radical (unpaired) electrons. The number of nitrogens with one attached hydrogen (secondary N) is 2. The third-order valence-corrected chi connectivity index (χ3v) is 8.89. The van der Waals surface area contributed by atoms with Crippen molar-refractivity contribution in [2.24, 2.45) is 5.92 Å². The minimum atomic E-state index is -1.11. The number of amides is 3. The summed E-state index contributed by atoms with van der Waals surface area (Å²) in [6.45, 7) is 20.7. The first kappa shape index (κ1) is 42.6. The predicted molar refractivity (Wildman–Crippen MR) is 203 cm³/mol. The predicted octanol–water partition coefficient (Wildman–Crippen LogP) is 7.71. The fraction of sp³-hybridized carbons (Fsp3) is 0.600. The number of rotatable bonds is 16. The highest BCUT2D eigenvalue weighted by Crippen LogP contribution is 2.31. The average Bonchev–Trinajstić information content (AvgIpc) is 3.00. The Morgan fingerprint density at radius 3 is 1.96 bits per heavy atom. The fourth-order valence-corrected chi connectivity index (χ4v) is 6.06. The van der Waals surface area contributed by atoms with Crippen LogP contribution in [0.3, 0.4) is 0 Å². The van der Waals surface area contributed by atoms with Crippen LogP contribution in [0.5, 0.6) is 0 Å². The van der Waals surface area contributed by atoms with Gasteiger partial charge in [-0.25, -0.2) is 9.59 Å². The van der Waals surface area contributed by atoms with E-state index in [-0.39, 0.29) is 12.3 Å². The minimum absolute atomic E-state index is 0.203. The Bertz CT molecular complexity index is 1420. The van der Waals surface area contributed by atoms with Crippen molar-refractivity contribution in [2.45, 2.75) is 137 Å². The van der Waals surface area contributed by atoms with Gasteiger partial charge >= 0.3 is 12.1 Å². The molecule has 9 nitrogen and oxygen atoms in total. The van der Waals surface area contributed by atoms with Gasteiger partial charge in [0.25, 0.3) is 0 Å². The number of thioether (sulfide) groups is 1. The molecule has 278 valence electrons. The summed E-state index contributed by atoms with van der Waals surface area (Å²) in [7, 11) is 0. The normalized spacial score (nSPS) is 14.3. The zero-order valence-corrected chi connectivity index (χ0v) is 33.2. The topological polar surface area (TPSA) is 114 Å². The highest BCUT2D eigenvalue weighted by molar-refractivity contribution is 7.98. The zero-order valence-electron chi connectivity index (χ0n) is 32.3. The third-order valence-electron chi connectivity index (χ3n) is 8.25. The van der Waals surface area contributed by atoms with Gasteiger partial charge in [0.1, 0.15) is 29.3 Å². The minimum Gasteiger partial charge on any atom is -0.458 e. The van der Waals surface area contributed by atoms with E-state index in [1.807, 2.05) is 75.6 Å². The van der Waals surface area contributed by atoms with Crippen molar-refractivity contribution in [1.29, 1.82) is 0 Å². The van der Waals surface area contributed by atoms with Gasteiger partial charge in [-0.15, -0.1) is 0 Å². The Balaban J connectivity index is 2.76. The van der Waals surface area contributed by atoms with Gasteiger partial charge in [-0.3, -0.25) is 9.59 Å². The molecule has 2 rings (SSSR count). The molecule has 4 atom stereocenters. The highest BCUT2D eigenvalue weighted by Gasteiger charge is 2.41. The molecule has 0 heterocycles. The maximum absolute atomic E-state index is 14.9. The number of ether oxygens (including phenoxy) is 2. The quantitative estimate of drug-likeness (QED) is 0.172. The van der Waals surface area contributed by atoms with E-state index in [9.17, 15) is 19.2 Å². The molecule has 2 aromatic carbocycles. The molecule has 0 bridgehead atoms. The Morgan fingerprint density at radius 2 is 1.40 bits per heavy atom. The third kappa shape index (κ3) is 14.0. The van der Waals surface area contributed by atoms with Crippen LogP contribution >= 0.6 is 11.8 Å². The second-order valence-electron chi connectivity index (χ2n) is 15.5. The number of alkyl carbamates (subject to hydrolysis) is 1. The molecule has 0 aromatic heterocycles. The van der Waals surface area contributed by atoms with Crippen LogP contribution in [-0.4, -0.2) is 70.1 Å². The average molecular weight is 712 g/mol. The zero-order chi connectivity index (χ0) is 37.8. The van der Waals surface area contributed by atoms with Gasteiger partial charge in [0, 0.05) is 12.5 Å². The van der Waals surface area contributed by atoms with Gasteiger partial charge in [-0.1, -0.05) is 62.4 Å². The van der Waals surface area contributed by atoms with Crippen LogP contribution in [0.1, 0.15) is 110 Å². The first-order chi connectivity index (χ1) is 23.2. The van der Waals surface area contributed by atoms with Gasteiger partial charge in [0.15, 0.2) is 0 Å². The van der Waals surface area contributed by atoms with Gasteiger partial charge in [0.2, 0.25) is 11.8 Å². The summed E-state index contributed by atoms with van der Waals surface area (Å²) in [6.07, 6.45) is 3.21. The fourth-order valence-electron chi connectivity index (χ4n) is 5.59. The first-order valence-corrected chi connectivity index (χ1v) is 19.1. The molecule has 0 aliphatic heterocycles. The second-order valence-corrected chi connectivity index (χ2v) is 16.5. The van der Waals surface area contributed by atoms with Crippen LogP contribution in [0.2, 0.25) is 0 Å². The molecule has 2 aromatic rings. The Labute approximate surface area is 305 Å². The van der Waals surface area contributed by atoms with E-state index in [0.717, 1.165) is 23.1 Å². The molecule has 0 fully saturated rings. The molecule has 0 spiro atoms. The summed E-state index contributed by atoms with van der Waals surface area (Å²) in [6, 6.07) is 11.7. The molecule has 2 N–H and O–H groups in total. The number of carbonyl (C=O) groups excluding carboxylic acids is 4. The number of benzene rings is 2. The highest BCUT2D eigenvalue weighted by atomic mass is 32.2. The van der Waals surface area contributed by atoms with Crippen LogP contribution in [0.15, 0.2) is 48.5 Å². The van der Waals surface area contributed by atoms with Crippen molar-refractivity contribution in [3.63, 3.8) is 0 Å². The van der Waals surface area contributed by atoms with Crippen molar-refractivity contribution >= 4 is 35.6 Å². The Morgan fingerprint density at radius 1 is 0.780 bits per heavy atom. The molecule has 0 saturated carbocycles. The summed E-state index contributed by atoms with van der Waals surface area (Å²) >= 11 is 1.56.